The number of fused-ring (bicyclic) bond motifs is 3. The van der Waals surface area contributed by atoms with Crippen LogP contribution in [0.5, 0.6) is 0 Å². The Morgan fingerprint density at radius 1 is 0.786 bits per heavy atom. The van der Waals surface area contributed by atoms with Gasteiger partial charge in [0.05, 0.1) is 24.0 Å². The van der Waals surface area contributed by atoms with Gasteiger partial charge in [-0.15, -0.1) is 0 Å². The van der Waals surface area contributed by atoms with E-state index in [1.165, 1.54) is 0 Å². The summed E-state index contributed by atoms with van der Waals surface area (Å²) in [7, 11) is -3.96. The monoisotopic (exact) mass is 590 g/mol. The molecular weight excluding hydrogens is 547 g/mol. The van der Waals surface area contributed by atoms with E-state index in [9.17, 15) is 9.36 Å². The number of nitrogens with one attached hydrogen (secondary N) is 1. The molecular formula is C34H43N2O5P. The third kappa shape index (κ3) is 7.97. The molecule has 0 aromatic heterocycles. The van der Waals surface area contributed by atoms with Gasteiger partial charge in [-0.25, -0.2) is 4.79 Å². The summed E-state index contributed by atoms with van der Waals surface area (Å²) < 4.78 is 32.9. The number of aryl methyl sites for hydroxylation is 1. The SMILES string of the molecule is CC(C)OP(=O)(OC(C)C)C(N=C1c2ccccc2-c2ccccc21)C(CCc1ccccc1)NC(=O)OC(C)(C)C. The zero-order valence-corrected chi connectivity index (χ0v) is 26.6. The number of rotatable bonds is 11. The molecule has 1 aliphatic rings. The van der Waals surface area contributed by atoms with Crippen LogP contribution in [0, 0.1) is 0 Å². The van der Waals surface area contributed by atoms with Crippen molar-refractivity contribution in [2.24, 2.45) is 4.99 Å². The van der Waals surface area contributed by atoms with Crippen LogP contribution in [0.2, 0.25) is 0 Å². The summed E-state index contributed by atoms with van der Waals surface area (Å²) in [4.78, 5) is 18.5. The fourth-order valence-corrected chi connectivity index (χ4v) is 7.50. The molecule has 3 aromatic carbocycles. The lowest BCUT2D eigenvalue weighted by Crippen LogP contribution is -2.46. The number of nitrogens with zero attached hydrogens (tertiary/aromatic N) is 1. The van der Waals surface area contributed by atoms with Crippen molar-refractivity contribution in [2.45, 2.75) is 90.9 Å². The Balaban J connectivity index is 1.88. The molecule has 224 valence electrons. The van der Waals surface area contributed by atoms with E-state index in [-0.39, 0.29) is 0 Å². The highest BCUT2D eigenvalue weighted by Crippen LogP contribution is 2.58. The van der Waals surface area contributed by atoms with Crippen molar-refractivity contribution in [1.82, 2.24) is 5.32 Å². The van der Waals surface area contributed by atoms with Crippen LogP contribution in [0.25, 0.3) is 11.1 Å². The molecule has 1 amide bonds. The van der Waals surface area contributed by atoms with Crippen LogP contribution in [-0.2, 0) is 24.8 Å². The smallest absolute Gasteiger partial charge is 0.407 e. The van der Waals surface area contributed by atoms with Crippen molar-refractivity contribution in [1.29, 1.82) is 0 Å². The first kappa shape index (κ1) is 31.7. The first-order chi connectivity index (χ1) is 19.9. The van der Waals surface area contributed by atoms with E-state index < -0.39 is 43.3 Å². The van der Waals surface area contributed by atoms with Crippen LogP contribution >= 0.6 is 7.60 Å². The molecule has 7 nitrogen and oxygen atoms in total. The molecule has 0 spiro atoms. The van der Waals surface area contributed by atoms with Gasteiger partial charge in [0.25, 0.3) is 0 Å². The van der Waals surface area contributed by atoms with Gasteiger partial charge in [-0.3, -0.25) is 9.56 Å². The fraction of sp³-hybridized carbons (Fsp3) is 0.412. The molecule has 0 aliphatic heterocycles. The number of carbonyl (C=O) groups is 1. The van der Waals surface area contributed by atoms with Gasteiger partial charge in [-0.2, -0.15) is 0 Å². The molecule has 0 heterocycles. The molecule has 0 saturated heterocycles. The second-order valence-electron chi connectivity index (χ2n) is 12.1. The first-order valence-electron chi connectivity index (χ1n) is 14.6. The van der Waals surface area contributed by atoms with Crippen LogP contribution in [-0.4, -0.2) is 41.4 Å². The van der Waals surface area contributed by atoms with Crippen LogP contribution < -0.4 is 5.32 Å². The lowest BCUT2D eigenvalue weighted by atomic mass is 10.0. The molecule has 1 N–H and O–H groups in total. The van der Waals surface area contributed by atoms with Gasteiger partial charge in [-0.05, 0) is 78.0 Å². The minimum absolute atomic E-state index is 0.406. The van der Waals surface area contributed by atoms with E-state index in [0.717, 1.165) is 27.8 Å². The molecule has 0 radical (unpaired) electrons. The Morgan fingerprint density at radius 2 is 1.26 bits per heavy atom. The zero-order chi connectivity index (χ0) is 30.5. The van der Waals surface area contributed by atoms with Gasteiger partial charge < -0.3 is 19.1 Å². The number of hydrogen-bond acceptors (Lipinski definition) is 6. The number of hydrogen-bond donors (Lipinski definition) is 1. The molecule has 42 heavy (non-hydrogen) atoms. The van der Waals surface area contributed by atoms with Crippen LogP contribution in [0.3, 0.4) is 0 Å². The fourth-order valence-electron chi connectivity index (χ4n) is 5.11. The summed E-state index contributed by atoms with van der Waals surface area (Å²) in [6.45, 7) is 12.7. The van der Waals surface area contributed by atoms with Crippen molar-refractivity contribution < 1.29 is 23.1 Å². The van der Waals surface area contributed by atoms with Crippen molar-refractivity contribution in [2.75, 3.05) is 0 Å². The summed E-state index contributed by atoms with van der Waals surface area (Å²) >= 11 is 0. The van der Waals surface area contributed by atoms with E-state index >= 15 is 0 Å². The van der Waals surface area contributed by atoms with E-state index in [1.54, 1.807) is 0 Å². The van der Waals surface area contributed by atoms with Gasteiger partial charge in [0.15, 0.2) is 5.78 Å². The molecule has 3 aromatic rings. The van der Waals surface area contributed by atoms with Crippen LogP contribution in [0.4, 0.5) is 4.79 Å². The number of benzene rings is 3. The van der Waals surface area contributed by atoms with Gasteiger partial charge in [0.2, 0.25) is 0 Å². The molecule has 2 atom stereocenters. The van der Waals surface area contributed by atoms with Gasteiger partial charge in [-0.1, -0.05) is 78.9 Å². The van der Waals surface area contributed by atoms with Crippen molar-refractivity contribution in [3.8, 4) is 11.1 Å². The molecule has 8 heteroatoms. The van der Waals surface area contributed by atoms with Crippen LogP contribution in [0.15, 0.2) is 83.9 Å². The van der Waals surface area contributed by atoms with E-state index in [4.69, 9.17) is 18.8 Å². The number of ether oxygens (including phenoxy) is 1. The molecule has 1 aliphatic carbocycles. The van der Waals surface area contributed by atoms with E-state index in [1.807, 2.05) is 115 Å². The average Bonchev–Trinajstić information content (AvgIpc) is 3.22. The second kappa shape index (κ2) is 13.4. The lowest BCUT2D eigenvalue weighted by molar-refractivity contribution is 0.0496. The Bertz CT molecular complexity index is 1380. The highest BCUT2D eigenvalue weighted by Gasteiger charge is 2.45. The minimum Gasteiger partial charge on any atom is -0.444 e. The summed E-state index contributed by atoms with van der Waals surface area (Å²) in [5.74, 6) is -1.05. The third-order valence-corrected chi connectivity index (χ3v) is 9.16. The van der Waals surface area contributed by atoms with Crippen molar-refractivity contribution >= 4 is 19.4 Å². The van der Waals surface area contributed by atoms with E-state index in [0.29, 0.717) is 18.6 Å². The predicted octanol–water partition coefficient (Wildman–Crippen LogP) is 8.40. The summed E-state index contributed by atoms with van der Waals surface area (Å²) in [5, 5.41) is 3.02. The van der Waals surface area contributed by atoms with E-state index in [2.05, 4.69) is 17.4 Å². The number of aliphatic imine (C=N–C) groups is 1. The molecule has 0 bridgehead atoms. The summed E-state index contributed by atoms with van der Waals surface area (Å²) in [5.41, 5.74) is 5.03. The second-order valence-corrected chi connectivity index (χ2v) is 14.1. The molecule has 4 rings (SSSR count). The maximum atomic E-state index is 14.9. The molecule has 0 fully saturated rings. The molecule has 0 saturated carbocycles. The Kier molecular flexibility index (Phi) is 10.1. The van der Waals surface area contributed by atoms with Gasteiger partial charge in [0, 0.05) is 11.1 Å². The standard InChI is InChI=1S/C34H43N2O5P/c1-23(2)40-42(38,41-24(3)4)32(36-31-28-19-13-11-17-26(28)27-18-12-14-20-29(27)31)30(35-33(37)39-34(5,6)7)22-21-25-15-9-8-10-16-25/h8-20,23-24,30,32H,21-22H2,1-7H3,(H,35,37). The normalized spacial score (nSPS) is 14.4. The average molecular weight is 591 g/mol. The highest BCUT2D eigenvalue weighted by atomic mass is 31.2. The zero-order valence-electron chi connectivity index (χ0n) is 25.7. The topological polar surface area (TPSA) is 86.2 Å². The summed E-state index contributed by atoms with van der Waals surface area (Å²) in [6, 6.07) is 25.3. The third-order valence-electron chi connectivity index (χ3n) is 6.60. The van der Waals surface area contributed by atoms with Gasteiger partial charge >= 0.3 is 13.7 Å². The van der Waals surface area contributed by atoms with Gasteiger partial charge in [0.1, 0.15) is 5.60 Å². The Hall–Kier alpha value is -3.25. The first-order valence-corrected chi connectivity index (χ1v) is 16.2. The number of amides is 1. The van der Waals surface area contributed by atoms with Crippen molar-refractivity contribution in [3.05, 3.63) is 95.6 Å². The highest BCUT2D eigenvalue weighted by molar-refractivity contribution is 7.54. The Morgan fingerprint density at radius 3 is 1.74 bits per heavy atom. The maximum Gasteiger partial charge on any atom is 0.407 e. The largest absolute Gasteiger partial charge is 0.444 e. The minimum atomic E-state index is -3.96. The quantitative estimate of drug-likeness (QED) is 0.177. The number of alkyl carbamates (subject to hydrolysis) is 1. The predicted molar refractivity (Wildman–Crippen MR) is 169 cm³/mol. The lowest BCUT2D eigenvalue weighted by Gasteiger charge is -2.34. The molecule has 2 unspecified atom stereocenters. The number of carbonyl (C=O) groups excluding carboxylic acids is 1. The summed E-state index contributed by atoms with van der Waals surface area (Å²) in [6.07, 6.45) is -0.382. The maximum absolute atomic E-state index is 14.9. The van der Waals surface area contributed by atoms with Crippen LogP contribution in [0.1, 0.15) is 71.6 Å². The Labute approximate surface area is 250 Å². The van der Waals surface area contributed by atoms with Crippen molar-refractivity contribution in [3.63, 3.8) is 0 Å².